The van der Waals surface area contributed by atoms with Crippen LogP contribution < -0.4 is 5.32 Å². The third-order valence-electron chi connectivity index (χ3n) is 2.13. The van der Waals surface area contributed by atoms with Crippen LogP contribution in [-0.2, 0) is 9.59 Å². The van der Waals surface area contributed by atoms with Gasteiger partial charge in [-0.1, -0.05) is 17.2 Å². The molecule has 1 amide bonds. The molecule has 1 aromatic carbocycles. The molecule has 1 unspecified atom stereocenters. The van der Waals surface area contributed by atoms with E-state index in [1.807, 2.05) is 0 Å². The minimum atomic E-state index is -0.861. The van der Waals surface area contributed by atoms with Crippen LogP contribution >= 0.6 is 0 Å². The summed E-state index contributed by atoms with van der Waals surface area (Å²) in [7, 11) is 0. The number of ketones is 1. The second kappa shape index (κ2) is 6.17. The number of benzene rings is 1. The van der Waals surface area contributed by atoms with Crippen molar-refractivity contribution in [3.05, 3.63) is 40.3 Å². The van der Waals surface area contributed by atoms with E-state index in [0.29, 0.717) is 5.69 Å². The molecule has 0 fully saturated rings. The summed E-state index contributed by atoms with van der Waals surface area (Å²) in [5, 5.41) is 5.71. The van der Waals surface area contributed by atoms with Crippen LogP contribution in [0.5, 0.6) is 0 Å². The maximum Gasteiger partial charge on any atom is 0.233 e. The van der Waals surface area contributed by atoms with Gasteiger partial charge in [0, 0.05) is 16.2 Å². The van der Waals surface area contributed by atoms with Gasteiger partial charge in [-0.2, -0.15) is 0 Å². The number of azide groups is 1. The Bertz CT molecular complexity index is 535. The number of hydrogen-bond acceptors (Lipinski definition) is 4. The molecule has 0 aliphatic carbocycles. The van der Waals surface area contributed by atoms with Crippen molar-refractivity contribution >= 4 is 23.7 Å². The van der Waals surface area contributed by atoms with Crippen LogP contribution in [0.15, 0.2) is 29.4 Å². The van der Waals surface area contributed by atoms with Crippen molar-refractivity contribution < 1.29 is 14.4 Å². The Morgan fingerprint density at radius 1 is 1.50 bits per heavy atom. The van der Waals surface area contributed by atoms with Gasteiger partial charge in [0.25, 0.3) is 0 Å². The fraction of sp³-hybridized carbons (Fsp3) is 0.182. The average molecular weight is 246 g/mol. The fourth-order valence-electron chi connectivity index (χ4n) is 1.19. The highest BCUT2D eigenvalue weighted by Gasteiger charge is 2.11. The number of rotatable bonds is 5. The normalized spacial score (nSPS) is 10.9. The predicted octanol–water partition coefficient (Wildman–Crippen LogP) is 1.71. The summed E-state index contributed by atoms with van der Waals surface area (Å²) in [4.78, 5) is 35.5. The lowest BCUT2D eigenvalue weighted by molar-refractivity contribution is -0.117. The largest absolute Gasteiger partial charge is 0.326 e. The summed E-state index contributed by atoms with van der Waals surface area (Å²) in [6.45, 7) is 1.44. The number of nitrogens with zero attached hydrogens (tertiary/aromatic N) is 3. The molecule has 0 radical (unpaired) electrons. The Hall–Kier alpha value is -2.66. The summed E-state index contributed by atoms with van der Waals surface area (Å²) < 4.78 is 0. The first-order valence-corrected chi connectivity index (χ1v) is 5.03. The molecule has 1 aromatic rings. The number of Topliss-reactive ketones (excluding diaryl/α,β-unsaturated/α-hetero) is 1. The highest BCUT2D eigenvalue weighted by atomic mass is 16.2. The van der Waals surface area contributed by atoms with E-state index >= 15 is 0 Å². The zero-order valence-corrected chi connectivity index (χ0v) is 9.53. The third-order valence-corrected chi connectivity index (χ3v) is 2.13. The number of carbonyl (C=O) groups is 3. The topological polar surface area (TPSA) is 112 Å². The number of anilines is 1. The van der Waals surface area contributed by atoms with E-state index in [2.05, 4.69) is 15.3 Å². The van der Waals surface area contributed by atoms with Gasteiger partial charge in [-0.3, -0.25) is 14.4 Å². The Morgan fingerprint density at radius 2 is 2.22 bits per heavy atom. The van der Waals surface area contributed by atoms with Gasteiger partial charge in [-0.05, 0) is 24.6 Å². The number of hydrogen-bond donors (Lipinski definition) is 1. The second-order valence-electron chi connectivity index (χ2n) is 3.43. The van der Waals surface area contributed by atoms with Crippen LogP contribution in [0, 0.1) is 0 Å². The van der Waals surface area contributed by atoms with Crippen molar-refractivity contribution in [3.63, 3.8) is 0 Å². The Morgan fingerprint density at radius 3 is 2.83 bits per heavy atom. The first kappa shape index (κ1) is 13.4. The van der Waals surface area contributed by atoms with E-state index in [1.165, 1.54) is 25.1 Å². The van der Waals surface area contributed by atoms with E-state index in [-0.39, 0.29) is 11.8 Å². The predicted molar refractivity (Wildman–Crippen MR) is 64.1 cm³/mol. The maximum absolute atomic E-state index is 11.5. The fourth-order valence-corrected chi connectivity index (χ4v) is 1.19. The summed E-state index contributed by atoms with van der Waals surface area (Å²) >= 11 is 0. The number of nitrogens with one attached hydrogen (secondary N) is 1. The van der Waals surface area contributed by atoms with E-state index in [0.717, 1.165) is 0 Å². The lowest BCUT2D eigenvalue weighted by Gasteiger charge is -2.07. The molecular weight excluding hydrogens is 236 g/mol. The Balaban J connectivity index is 2.85. The van der Waals surface area contributed by atoms with Crippen LogP contribution in [-0.4, -0.2) is 24.0 Å². The highest BCUT2D eigenvalue weighted by molar-refractivity contribution is 6.33. The molecule has 1 rings (SSSR count). The van der Waals surface area contributed by atoms with Crippen molar-refractivity contribution in [2.24, 2.45) is 5.11 Å². The summed E-state index contributed by atoms with van der Waals surface area (Å²) in [5.74, 6) is -1.17. The van der Waals surface area contributed by atoms with Gasteiger partial charge >= 0.3 is 0 Å². The minimum Gasteiger partial charge on any atom is -0.326 e. The van der Waals surface area contributed by atoms with Crippen LogP contribution in [0.4, 0.5) is 5.69 Å². The van der Waals surface area contributed by atoms with Gasteiger partial charge in [0.1, 0.15) is 6.04 Å². The monoisotopic (exact) mass is 246 g/mol. The van der Waals surface area contributed by atoms with Gasteiger partial charge in [0.05, 0.1) is 0 Å². The molecule has 0 saturated carbocycles. The van der Waals surface area contributed by atoms with E-state index < -0.39 is 17.7 Å². The molecule has 92 valence electrons. The second-order valence-corrected chi connectivity index (χ2v) is 3.43. The smallest absolute Gasteiger partial charge is 0.233 e. The van der Waals surface area contributed by atoms with Crippen LogP contribution in [0.2, 0.25) is 0 Å². The van der Waals surface area contributed by atoms with Crippen LogP contribution in [0.25, 0.3) is 10.4 Å². The van der Waals surface area contributed by atoms with Gasteiger partial charge in [-0.25, -0.2) is 0 Å². The minimum absolute atomic E-state index is 0.180. The highest BCUT2D eigenvalue weighted by Crippen LogP contribution is 2.11. The first-order chi connectivity index (χ1) is 8.58. The maximum atomic E-state index is 11.5. The van der Waals surface area contributed by atoms with Crippen molar-refractivity contribution in [1.29, 1.82) is 0 Å². The molecule has 7 nitrogen and oxygen atoms in total. The number of amides is 1. The Labute approximate surface area is 102 Å². The SMILES string of the molecule is CC(N=[N+]=[N-])C(=O)Nc1cccc(C(=O)C=O)c1. The Kier molecular flexibility index (Phi) is 4.59. The van der Waals surface area contributed by atoms with E-state index in [9.17, 15) is 14.4 Å². The van der Waals surface area contributed by atoms with E-state index in [1.54, 1.807) is 6.07 Å². The van der Waals surface area contributed by atoms with Crippen molar-refractivity contribution in [1.82, 2.24) is 0 Å². The molecule has 0 aromatic heterocycles. The average Bonchev–Trinajstić information content (AvgIpc) is 2.38. The molecule has 7 heteroatoms. The molecule has 18 heavy (non-hydrogen) atoms. The summed E-state index contributed by atoms with van der Waals surface area (Å²) in [5.41, 5.74) is 8.73. The molecule has 0 spiro atoms. The molecule has 0 bridgehead atoms. The van der Waals surface area contributed by atoms with Crippen LogP contribution in [0.1, 0.15) is 17.3 Å². The quantitative estimate of drug-likeness (QED) is 0.213. The molecule has 0 heterocycles. The van der Waals surface area contributed by atoms with Crippen LogP contribution in [0.3, 0.4) is 0 Å². The van der Waals surface area contributed by atoms with Crippen molar-refractivity contribution in [2.45, 2.75) is 13.0 Å². The van der Waals surface area contributed by atoms with Gasteiger partial charge < -0.3 is 5.32 Å². The summed E-state index contributed by atoms with van der Waals surface area (Å²) in [6.07, 6.45) is 0.198. The number of aldehydes is 1. The van der Waals surface area contributed by atoms with Crippen molar-refractivity contribution in [2.75, 3.05) is 5.32 Å². The molecular formula is C11H10N4O3. The molecule has 1 N–H and O–H groups in total. The standard InChI is InChI=1S/C11H10N4O3/c1-7(14-15-12)11(18)13-9-4-2-3-8(5-9)10(17)6-16/h2-7H,1H3,(H,13,18). The number of carbonyl (C=O) groups excluding carboxylic acids is 3. The molecule has 1 atom stereocenters. The van der Waals surface area contributed by atoms with Gasteiger partial charge in [-0.15, -0.1) is 0 Å². The zero-order chi connectivity index (χ0) is 13.5. The van der Waals surface area contributed by atoms with Gasteiger partial charge in [0.2, 0.25) is 11.7 Å². The first-order valence-electron chi connectivity index (χ1n) is 5.03. The van der Waals surface area contributed by atoms with Crippen molar-refractivity contribution in [3.8, 4) is 0 Å². The zero-order valence-electron chi connectivity index (χ0n) is 9.53. The molecule has 0 aliphatic heterocycles. The molecule has 0 saturated heterocycles. The lowest BCUT2D eigenvalue weighted by Crippen LogP contribution is -2.23. The van der Waals surface area contributed by atoms with Gasteiger partial charge in [0.15, 0.2) is 6.29 Å². The molecule has 0 aliphatic rings. The van der Waals surface area contributed by atoms with E-state index in [4.69, 9.17) is 5.53 Å². The lowest BCUT2D eigenvalue weighted by atomic mass is 10.1. The summed E-state index contributed by atoms with van der Waals surface area (Å²) in [6, 6.07) is 5.06. The third kappa shape index (κ3) is 3.43.